The molecular weight excluding hydrogens is 591 g/mol. The Morgan fingerprint density at radius 3 is 2.20 bits per heavy atom. The molecular formula is C31H25FN4O9. The Kier molecular flexibility index (Phi) is 6.75. The van der Waals surface area contributed by atoms with Crippen LogP contribution in [0.15, 0.2) is 64.8 Å². The fourth-order valence-electron chi connectivity index (χ4n) is 7.17. The topological polar surface area (TPSA) is 181 Å². The molecule has 1 N–H and O–H groups in total. The van der Waals surface area contributed by atoms with Gasteiger partial charge in [-0.05, 0) is 49.5 Å². The number of allylic oxidation sites excluding steroid dienone is 6. The molecule has 6 rings (SSSR count). The average molecular weight is 617 g/mol. The Hall–Kier alpha value is -5.53. The number of carbonyl (C=O) groups is 4. The van der Waals surface area contributed by atoms with E-state index < -0.39 is 79.8 Å². The van der Waals surface area contributed by atoms with Crippen molar-refractivity contribution in [3.63, 3.8) is 0 Å². The smallest absolute Gasteiger partial charge is 0.301 e. The van der Waals surface area contributed by atoms with Crippen molar-refractivity contribution in [3.05, 3.63) is 96.4 Å². The Morgan fingerprint density at radius 2 is 1.62 bits per heavy atom. The van der Waals surface area contributed by atoms with E-state index in [0.717, 1.165) is 29.2 Å². The van der Waals surface area contributed by atoms with E-state index in [1.807, 2.05) is 0 Å². The number of imide groups is 1. The number of phenols is 1. The van der Waals surface area contributed by atoms with Crippen molar-refractivity contribution in [1.82, 2.24) is 0 Å². The number of nitro benzene ring substituents is 2. The number of phenolic OH excluding ortho intramolecular Hbond substituents is 1. The first-order valence-electron chi connectivity index (χ1n) is 13.9. The monoisotopic (exact) mass is 616 g/mol. The van der Waals surface area contributed by atoms with Gasteiger partial charge >= 0.3 is 11.4 Å². The molecule has 0 saturated carbocycles. The average Bonchev–Trinajstić information content (AvgIpc) is 3.24. The second-order valence-corrected chi connectivity index (χ2v) is 11.7. The van der Waals surface area contributed by atoms with Gasteiger partial charge < -0.3 is 10.0 Å². The van der Waals surface area contributed by atoms with Crippen LogP contribution in [0.25, 0.3) is 0 Å². The van der Waals surface area contributed by atoms with Crippen LogP contribution in [-0.2, 0) is 19.2 Å². The van der Waals surface area contributed by atoms with Crippen molar-refractivity contribution in [2.75, 3.05) is 23.9 Å². The lowest BCUT2D eigenvalue weighted by Crippen LogP contribution is -2.39. The standard InChI is InChI=1S/C31H25FN4O9/c1-13-8-24(38)27-19(29(13)39)12-18-16(25(27)14-4-7-23(37)20(32)9-14)5-6-17-26(18)31(41)34(30(17)40)15-10-21(35(42)43)28(33(2)3)22(11-15)36(44)45/h4-5,7-11,17-18,25-26,37H,6,12H2,1-3H3. The molecule has 13 nitrogen and oxygen atoms in total. The Morgan fingerprint density at radius 1 is 0.978 bits per heavy atom. The molecule has 45 heavy (non-hydrogen) atoms. The molecule has 230 valence electrons. The van der Waals surface area contributed by atoms with Gasteiger partial charge in [0, 0.05) is 48.9 Å². The third-order valence-corrected chi connectivity index (χ3v) is 9.02. The molecule has 1 aliphatic heterocycles. The number of rotatable bonds is 5. The lowest BCUT2D eigenvalue weighted by molar-refractivity contribution is -0.392. The van der Waals surface area contributed by atoms with E-state index in [-0.39, 0.29) is 46.5 Å². The molecule has 4 aliphatic rings. The Labute approximate surface area is 254 Å². The van der Waals surface area contributed by atoms with Crippen molar-refractivity contribution in [2.24, 2.45) is 17.8 Å². The number of amides is 2. The number of hydrogen-bond acceptors (Lipinski definition) is 10. The third kappa shape index (κ3) is 4.35. The predicted octanol–water partition coefficient (Wildman–Crippen LogP) is 4.05. The number of nitro groups is 2. The molecule has 14 heteroatoms. The predicted molar refractivity (Wildman–Crippen MR) is 156 cm³/mol. The van der Waals surface area contributed by atoms with E-state index in [2.05, 4.69) is 0 Å². The van der Waals surface area contributed by atoms with Crippen LogP contribution in [0.5, 0.6) is 5.75 Å². The van der Waals surface area contributed by atoms with Gasteiger partial charge in [0.25, 0.3) is 0 Å². The van der Waals surface area contributed by atoms with Crippen LogP contribution in [0.2, 0.25) is 0 Å². The summed E-state index contributed by atoms with van der Waals surface area (Å²) >= 11 is 0. The SMILES string of the molecule is CC1=CC(=O)C2=C(CC3C(=CCC4C(=O)N(c5cc([N+](=O)[O-])c(N(C)C)c([N+](=O)[O-])c5)C(=O)C43)C2c2ccc(O)c(F)c2)C1=O. The van der Waals surface area contributed by atoms with Gasteiger partial charge in [0.15, 0.2) is 28.8 Å². The highest BCUT2D eigenvalue weighted by atomic mass is 19.1. The van der Waals surface area contributed by atoms with Crippen molar-refractivity contribution >= 4 is 46.1 Å². The van der Waals surface area contributed by atoms with Crippen molar-refractivity contribution in [1.29, 1.82) is 0 Å². The number of benzene rings is 2. The van der Waals surface area contributed by atoms with Crippen LogP contribution in [0, 0.1) is 43.8 Å². The zero-order valence-corrected chi connectivity index (χ0v) is 24.1. The van der Waals surface area contributed by atoms with E-state index in [4.69, 9.17) is 0 Å². The second kappa shape index (κ2) is 10.3. The van der Waals surface area contributed by atoms with E-state index in [9.17, 15) is 48.9 Å². The van der Waals surface area contributed by atoms with Crippen LogP contribution in [-0.4, -0.2) is 52.4 Å². The molecule has 4 atom stereocenters. The minimum atomic E-state index is -1.07. The quantitative estimate of drug-likeness (QED) is 0.169. The largest absolute Gasteiger partial charge is 0.505 e. The summed E-state index contributed by atoms with van der Waals surface area (Å²) in [7, 11) is 2.78. The maximum atomic E-state index is 14.6. The van der Waals surface area contributed by atoms with Gasteiger partial charge in [-0.2, -0.15) is 0 Å². The molecule has 2 aromatic carbocycles. The fraction of sp³-hybridized carbons (Fsp3) is 0.290. The second-order valence-electron chi connectivity index (χ2n) is 11.7. The first kappa shape index (κ1) is 29.5. The van der Waals surface area contributed by atoms with Crippen LogP contribution >= 0.6 is 0 Å². The molecule has 1 fully saturated rings. The lowest BCUT2D eigenvalue weighted by Gasteiger charge is -2.42. The van der Waals surface area contributed by atoms with E-state index in [1.165, 1.54) is 38.1 Å². The van der Waals surface area contributed by atoms with Gasteiger partial charge in [-0.3, -0.25) is 39.4 Å². The number of halogens is 1. The van der Waals surface area contributed by atoms with Crippen LogP contribution in [0.3, 0.4) is 0 Å². The summed E-state index contributed by atoms with van der Waals surface area (Å²) in [4.78, 5) is 78.8. The summed E-state index contributed by atoms with van der Waals surface area (Å²) in [6, 6.07) is 5.50. The summed E-state index contributed by atoms with van der Waals surface area (Å²) < 4.78 is 14.6. The molecule has 1 heterocycles. The molecule has 0 radical (unpaired) electrons. The fourth-order valence-corrected chi connectivity index (χ4v) is 7.17. The first-order chi connectivity index (χ1) is 21.2. The number of hydrogen-bond donors (Lipinski definition) is 1. The molecule has 0 spiro atoms. The van der Waals surface area contributed by atoms with Gasteiger partial charge in [-0.25, -0.2) is 9.29 Å². The number of carbonyl (C=O) groups excluding carboxylic acids is 4. The summed E-state index contributed by atoms with van der Waals surface area (Å²) in [5, 5.41) is 33.7. The first-order valence-corrected chi connectivity index (χ1v) is 13.9. The van der Waals surface area contributed by atoms with Gasteiger partial charge in [-0.1, -0.05) is 17.7 Å². The highest BCUT2D eigenvalue weighted by molar-refractivity contribution is 6.25. The van der Waals surface area contributed by atoms with Crippen LogP contribution in [0.4, 0.5) is 27.1 Å². The molecule has 0 aromatic heterocycles. The summed E-state index contributed by atoms with van der Waals surface area (Å²) in [5.41, 5.74) is -0.738. The van der Waals surface area contributed by atoms with Gasteiger partial charge in [0.05, 0.1) is 27.4 Å². The van der Waals surface area contributed by atoms with Gasteiger partial charge in [0.2, 0.25) is 11.8 Å². The molecule has 3 aliphatic carbocycles. The van der Waals surface area contributed by atoms with Gasteiger partial charge in [0.1, 0.15) is 0 Å². The van der Waals surface area contributed by atoms with Crippen molar-refractivity contribution < 1.29 is 38.5 Å². The molecule has 2 amide bonds. The van der Waals surface area contributed by atoms with Crippen LogP contribution in [0.1, 0.15) is 31.2 Å². The van der Waals surface area contributed by atoms with Crippen molar-refractivity contribution in [3.8, 4) is 5.75 Å². The van der Waals surface area contributed by atoms with Crippen molar-refractivity contribution in [2.45, 2.75) is 25.7 Å². The summed E-state index contributed by atoms with van der Waals surface area (Å²) in [6.07, 6.45) is 2.86. The summed E-state index contributed by atoms with van der Waals surface area (Å²) in [5.74, 6) is -7.68. The van der Waals surface area contributed by atoms with Gasteiger partial charge in [-0.15, -0.1) is 0 Å². The van der Waals surface area contributed by atoms with Crippen LogP contribution < -0.4 is 9.80 Å². The number of ketones is 2. The zero-order chi connectivity index (χ0) is 32.6. The molecule has 0 bridgehead atoms. The maximum absolute atomic E-state index is 14.6. The minimum absolute atomic E-state index is 0.0220. The number of Topliss-reactive ketones (excluding diaryl/α,β-unsaturated/α-hetero) is 1. The lowest BCUT2D eigenvalue weighted by atomic mass is 9.59. The highest BCUT2D eigenvalue weighted by Gasteiger charge is 2.57. The Balaban J connectivity index is 1.49. The number of nitrogens with zero attached hydrogens (tertiary/aromatic N) is 4. The molecule has 2 aromatic rings. The van der Waals surface area contributed by atoms with E-state index in [0.29, 0.717) is 5.57 Å². The molecule has 4 unspecified atom stereocenters. The minimum Gasteiger partial charge on any atom is -0.505 e. The number of fused-ring (bicyclic) bond motifs is 3. The Bertz CT molecular complexity index is 1860. The maximum Gasteiger partial charge on any atom is 0.301 e. The third-order valence-electron chi connectivity index (χ3n) is 9.02. The zero-order valence-electron chi connectivity index (χ0n) is 24.1. The van der Waals surface area contributed by atoms with E-state index in [1.54, 1.807) is 6.08 Å². The number of aromatic hydroxyl groups is 1. The number of anilines is 2. The summed E-state index contributed by atoms with van der Waals surface area (Å²) in [6.45, 7) is 1.48. The highest BCUT2D eigenvalue weighted by Crippen LogP contribution is 2.56. The molecule has 1 saturated heterocycles. The normalized spacial score (nSPS) is 24.1. The van der Waals surface area contributed by atoms with E-state index >= 15 is 0 Å².